The molecule has 2 aromatic heterocycles. The molecule has 0 fully saturated rings. The van der Waals surface area contributed by atoms with Crippen LogP contribution in [0.1, 0.15) is 27.2 Å². The zero-order chi connectivity index (χ0) is 12.3. The second-order valence-electron chi connectivity index (χ2n) is 3.41. The Morgan fingerprint density at radius 1 is 1.41 bits per heavy atom. The zero-order valence-corrected chi connectivity index (χ0v) is 9.95. The summed E-state index contributed by atoms with van der Waals surface area (Å²) in [7, 11) is 0. The number of rotatable bonds is 3. The molecule has 0 unspecified atom stereocenters. The van der Waals surface area contributed by atoms with Crippen molar-refractivity contribution < 1.29 is 9.21 Å². The molecule has 0 radical (unpaired) electrons. The second-order valence-corrected chi connectivity index (χ2v) is 4.49. The average molecular weight is 243 g/mol. The van der Waals surface area contributed by atoms with Crippen molar-refractivity contribution >= 4 is 28.8 Å². The number of hydrogen-bond acceptors (Lipinski definition) is 4. The summed E-state index contributed by atoms with van der Waals surface area (Å²) in [6, 6.07) is 9.15. The summed E-state index contributed by atoms with van der Waals surface area (Å²) in [5.74, 6) is 0.635. The number of ketones is 1. The molecule has 2 rings (SSSR count). The van der Waals surface area contributed by atoms with Gasteiger partial charge in [0.1, 0.15) is 11.8 Å². The smallest absolute Gasteiger partial charge is 0.169 e. The highest BCUT2D eigenvalue weighted by Gasteiger charge is 2.08. The van der Waals surface area contributed by atoms with Crippen molar-refractivity contribution in [1.29, 1.82) is 5.26 Å². The van der Waals surface area contributed by atoms with Gasteiger partial charge in [0.05, 0.1) is 16.7 Å². The van der Waals surface area contributed by atoms with E-state index in [4.69, 9.17) is 9.68 Å². The van der Waals surface area contributed by atoms with Gasteiger partial charge in [-0.2, -0.15) is 5.26 Å². The Hall–Kier alpha value is -2.12. The molecule has 2 heterocycles. The summed E-state index contributed by atoms with van der Waals surface area (Å²) in [5, 5.41) is 9.09. The lowest BCUT2D eigenvalue weighted by Gasteiger charge is -1.92. The van der Waals surface area contributed by atoms with Gasteiger partial charge in [0.15, 0.2) is 5.78 Å². The van der Waals surface area contributed by atoms with Crippen LogP contribution in [0.3, 0.4) is 0 Å². The molecule has 0 saturated heterocycles. The van der Waals surface area contributed by atoms with Crippen molar-refractivity contribution in [2.24, 2.45) is 0 Å². The van der Waals surface area contributed by atoms with Crippen LogP contribution in [0, 0.1) is 11.3 Å². The Bertz CT molecular complexity index is 600. The third-order valence-electron chi connectivity index (χ3n) is 2.17. The maximum atomic E-state index is 11.2. The quantitative estimate of drug-likeness (QED) is 0.611. The minimum atomic E-state index is 0.0107. The van der Waals surface area contributed by atoms with Gasteiger partial charge >= 0.3 is 0 Å². The lowest BCUT2D eigenvalue weighted by Crippen LogP contribution is -1.83. The van der Waals surface area contributed by atoms with Crippen LogP contribution in [-0.4, -0.2) is 5.78 Å². The van der Waals surface area contributed by atoms with Crippen molar-refractivity contribution in [3.8, 4) is 6.07 Å². The van der Waals surface area contributed by atoms with Crippen LogP contribution in [0.5, 0.6) is 0 Å². The van der Waals surface area contributed by atoms with Crippen LogP contribution >= 0.6 is 11.3 Å². The number of nitriles is 1. The zero-order valence-electron chi connectivity index (χ0n) is 9.14. The molecule has 0 aliphatic heterocycles. The molecular formula is C13H9NO2S. The van der Waals surface area contributed by atoms with Crippen molar-refractivity contribution in [3.05, 3.63) is 46.0 Å². The normalized spacial score (nSPS) is 11.2. The summed E-state index contributed by atoms with van der Waals surface area (Å²) in [6.45, 7) is 1.51. The first-order valence-corrected chi connectivity index (χ1v) is 5.79. The van der Waals surface area contributed by atoms with Crippen molar-refractivity contribution in [2.45, 2.75) is 6.92 Å². The standard InChI is InChI=1S/C13H9NO2S/c1-9(15)12-4-5-13(17-12)10(8-14)7-11-3-2-6-16-11/h2-7H,1H3/b10-7+. The van der Waals surface area contributed by atoms with Gasteiger partial charge in [0, 0.05) is 4.88 Å². The van der Waals surface area contributed by atoms with E-state index in [1.165, 1.54) is 18.3 Å². The van der Waals surface area contributed by atoms with Crippen molar-refractivity contribution in [3.63, 3.8) is 0 Å². The summed E-state index contributed by atoms with van der Waals surface area (Å²) in [4.78, 5) is 12.6. The fraction of sp³-hybridized carbons (Fsp3) is 0.0769. The summed E-state index contributed by atoms with van der Waals surface area (Å²) >= 11 is 1.31. The molecule has 0 saturated carbocycles. The van der Waals surface area contributed by atoms with E-state index in [2.05, 4.69) is 6.07 Å². The average Bonchev–Trinajstić information content (AvgIpc) is 2.96. The van der Waals surface area contributed by atoms with E-state index in [-0.39, 0.29) is 5.78 Å². The number of hydrogen-bond donors (Lipinski definition) is 0. The highest BCUT2D eigenvalue weighted by molar-refractivity contribution is 7.15. The van der Waals surface area contributed by atoms with Gasteiger partial charge in [-0.1, -0.05) is 0 Å². The maximum absolute atomic E-state index is 11.2. The van der Waals surface area contributed by atoms with Crippen LogP contribution < -0.4 is 0 Å². The van der Waals surface area contributed by atoms with Gasteiger partial charge in [-0.3, -0.25) is 4.79 Å². The van der Waals surface area contributed by atoms with E-state index in [0.717, 1.165) is 4.88 Å². The van der Waals surface area contributed by atoms with E-state index in [9.17, 15) is 4.79 Å². The molecule has 0 atom stereocenters. The first kappa shape index (κ1) is 11.4. The van der Waals surface area contributed by atoms with Gasteiger partial charge in [-0.15, -0.1) is 11.3 Å². The first-order valence-electron chi connectivity index (χ1n) is 4.97. The number of nitrogens with zero attached hydrogens (tertiary/aromatic N) is 1. The molecule has 0 amide bonds. The Morgan fingerprint density at radius 2 is 2.18 bits per heavy atom. The molecule has 84 valence electrons. The minimum Gasteiger partial charge on any atom is -0.465 e. The van der Waals surface area contributed by atoms with Crippen LogP contribution in [-0.2, 0) is 0 Å². The molecule has 0 spiro atoms. The molecular weight excluding hydrogens is 234 g/mol. The topological polar surface area (TPSA) is 54.0 Å². The van der Waals surface area contributed by atoms with Crippen LogP contribution in [0.4, 0.5) is 0 Å². The summed E-state index contributed by atoms with van der Waals surface area (Å²) in [5.41, 5.74) is 0.498. The van der Waals surface area contributed by atoms with Gasteiger partial charge in [-0.25, -0.2) is 0 Å². The number of thiophene rings is 1. The van der Waals surface area contributed by atoms with Gasteiger partial charge in [-0.05, 0) is 37.3 Å². The monoisotopic (exact) mass is 243 g/mol. The highest BCUT2D eigenvalue weighted by atomic mass is 32.1. The van der Waals surface area contributed by atoms with E-state index in [1.807, 2.05) is 0 Å². The van der Waals surface area contributed by atoms with Crippen LogP contribution in [0.2, 0.25) is 0 Å². The number of carbonyl (C=O) groups excluding carboxylic acids is 1. The number of carbonyl (C=O) groups is 1. The van der Waals surface area contributed by atoms with Gasteiger partial charge < -0.3 is 4.42 Å². The fourth-order valence-corrected chi connectivity index (χ4v) is 2.21. The molecule has 2 aromatic rings. The molecule has 0 aliphatic rings. The van der Waals surface area contributed by atoms with Crippen LogP contribution in [0.25, 0.3) is 11.6 Å². The van der Waals surface area contributed by atoms with Gasteiger partial charge in [0.25, 0.3) is 0 Å². The van der Waals surface area contributed by atoms with E-state index in [1.54, 1.807) is 36.6 Å². The van der Waals surface area contributed by atoms with E-state index >= 15 is 0 Å². The first-order chi connectivity index (χ1) is 8.20. The maximum Gasteiger partial charge on any atom is 0.169 e. The van der Waals surface area contributed by atoms with Gasteiger partial charge in [0.2, 0.25) is 0 Å². The fourth-order valence-electron chi connectivity index (χ4n) is 1.35. The molecule has 4 heteroatoms. The largest absolute Gasteiger partial charge is 0.465 e. The molecule has 0 N–H and O–H groups in total. The third-order valence-corrected chi connectivity index (χ3v) is 3.39. The predicted octanol–water partition coefficient (Wildman–Crippen LogP) is 3.61. The molecule has 0 aliphatic carbocycles. The molecule has 3 nitrogen and oxygen atoms in total. The lowest BCUT2D eigenvalue weighted by atomic mass is 10.2. The third kappa shape index (κ3) is 2.52. The molecule has 0 bridgehead atoms. The molecule has 17 heavy (non-hydrogen) atoms. The Morgan fingerprint density at radius 3 is 2.71 bits per heavy atom. The van der Waals surface area contributed by atoms with E-state index < -0.39 is 0 Å². The number of allylic oxidation sites excluding steroid dienone is 1. The van der Waals surface area contributed by atoms with E-state index in [0.29, 0.717) is 16.2 Å². The Labute approximate surface area is 103 Å². The summed E-state index contributed by atoms with van der Waals surface area (Å²) < 4.78 is 5.15. The predicted molar refractivity (Wildman–Crippen MR) is 66.5 cm³/mol. The Balaban J connectivity index is 2.36. The van der Waals surface area contributed by atoms with Crippen molar-refractivity contribution in [2.75, 3.05) is 0 Å². The van der Waals surface area contributed by atoms with Crippen LogP contribution in [0.15, 0.2) is 34.9 Å². The lowest BCUT2D eigenvalue weighted by molar-refractivity contribution is 0.102. The van der Waals surface area contributed by atoms with Crippen molar-refractivity contribution in [1.82, 2.24) is 0 Å². The minimum absolute atomic E-state index is 0.0107. The SMILES string of the molecule is CC(=O)c1ccc(/C(C#N)=C/c2ccco2)s1. The highest BCUT2D eigenvalue weighted by Crippen LogP contribution is 2.26. The molecule has 0 aromatic carbocycles. The second kappa shape index (κ2) is 4.81. The Kier molecular flexibility index (Phi) is 3.22. The summed E-state index contributed by atoms with van der Waals surface area (Å²) in [6.07, 6.45) is 3.21. The number of furan rings is 1. The number of Topliss-reactive ketones (excluding diaryl/α,β-unsaturated/α-hetero) is 1.